The molecule has 1 atom stereocenters. The number of nitrogens with one attached hydrogen (secondary N) is 1. The van der Waals surface area contributed by atoms with Gasteiger partial charge in [0.2, 0.25) is 5.91 Å². The Morgan fingerprint density at radius 3 is 1.87 bits per heavy atom. The Bertz CT molecular complexity index is 683. The van der Waals surface area contributed by atoms with E-state index in [2.05, 4.69) is 10.2 Å². The highest BCUT2D eigenvalue weighted by atomic mass is 35.5. The van der Waals surface area contributed by atoms with Crippen LogP contribution in [0, 0.1) is 0 Å². The van der Waals surface area contributed by atoms with E-state index in [1.54, 1.807) is 4.90 Å². The first kappa shape index (κ1) is 27.0. The van der Waals surface area contributed by atoms with Crippen LogP contribution < -0.4 is 11.1 Å². The molecule has 2 aromatic carbocycles. The van der Waals surface area contributed by atoms with Gasteiger partial charge in [-0.05, 0) is 11.1 Å². The standard InChI is InChI=1S/C23H32F2N4O.ClH/c24-11-13-27-14-16-29(15-12-25)22(23(26)30)19-28(17-20-7-3-1-4-8-20)18-21-9-5-2-6-10-21;/h1-10,22,27H,11-19H2,(H2,26,30);1H. The quantitative estimate of drug-likeness (QED) is 0.406. The van der Waals surface area contributed by atoms with E-state index in [9.17, 15) is 13.6 Å². The second-order valence-electron chi connectivity index (χ2n) is 7.22. The molecule has 1 unspecified atom stereocenters. The second kappa shape index (κ2) is 15.7. The third-order valence-electron chi connectivity index (χ3n) is 4.92. The van der Waals surface area contributed by atoms with Crippen molar-refractivity contribution in [2.45, 2.75) is 19.1 Å². The highest BCUT2D eigenvalue weighted by Gasteiger charge is 2.26. The van der Waals surface area contributed by atoms with Crippen molar-refractivity contribution in [3.8, 4) is 0 Å². The van der Waals surface area contributed by atoms with Crippen LogP contribution in [0.2, 0.25) is 0 Å². The minimum atomic E-state index is -0.639. The lowest BCUT2D eigenvalue weighted by Gasteiger charge is -2.33. The number of hydrogen-bond acceptors (Lipinski definition) is 4. The number of halogens is 3. The Hall–Kier alpha value is -2.06. The number of alkyl halides is 2. The molecule has 0 fully saturated rings. The van der Waals surface area contributed by atoms with E-state index in [1.165, 1.54) is 0 Å². The summed E-state index contributed by atoms with van der Waals surface area (Å²) >= 11 is 0. The predicted octanol–water partition coefficient (Wildman–Crippen LogP) is 2.80. The molecule has 5 nitrogen and oxygen atoms in total. The van der Waals surface area contributed by atoms with Crippen LogP contribution in [0.3, 0.4) is 0 Å². The second-order valence-corrected chi connectivity index (χ2v) is 7.22. The molecule has 0 saturated heterocycles. The first-order valence-corrected chi connectivity index (χ1v) is 10.3. The van der Waals surface area contributed by atoms with Gasteiger partial charge in [-0.15, -0.1) is 12.4 Å². The third-order valence-corrected chi connectivity index (χ3v) is 4.92. The van der Waals surface area contributed by atoms with E-state index in [-0.39, 0.29) is 25.5 Å². The molecular weight excluding hydrogens is 422 g/mol. The molecular formula is C23H33ClF2N4O. The zero-order valence-corrected chi connectivity index (χ0v) is 18.6. The van der Waals surface area contributed by atoms with Crippen molar-refractivity contribution in [1.29, 1.82) is 0 Å². The molecule has 172 valence electrons. The normalized spacial score (nSPS) is 12.0. The smallest absolute Gasteiger partial charge is 0.236 e. The summed E-state index contributed by atoms with van der Waals surface area (Å²) in [6.45, 7) is 1.84. The number of nitrogens with two attached hydrogens (primary N) is 1. The van der Waals surface area contributed by atoms with Crippen LogP contribution in [0.15, 0.2) is 60.7 Å². The van der Waals surface area contributed by atoms with Gasteiger partial charge < -0.3 is 11.1 Å². The monoisotopic (exact) mass is 454 g/mol. The van der Waals surface area contributed by atoms with Crippen molar-refractivity contribution in [2.75, 3.05) is 46.1 Å². The molecule has 0 saturated carbocycles. The average molecular weight is 455 g/mol. The van der Waals surface area contributed by atoms with Crippen molar-refractivity contribution in [3.63, 3.8) is 0 Å². The van der Waals surface area contributed by atoms with Crippen LogP contribution in [-0.2, 0) is 17.9 Å². The van der Waals surface area contributed by atoms with Gasteiger partial charge in [0, 0.05) is 45.8 Å². The van der Waals surface area contributed by atoms with Gasteiger partial charge >= 0.3 is 0 Å². The number of rotatable bonds is 15. The van der Waals surface area contributed by atoms with E-state index in [1.807, 2.05) is 60.7 Å². The topological polar surface area (TPSA) is 61.6 Å². The molecule has 2 rings (SSSR count). The summed E-state index contributed by atoms with van der Waals surface area (Å²) in [6, 6.07) is 19.4. The molecule has 0 heterocycles. The van der Waals surface area contributed by atoms with Gasteiger partial charge in [-0.25, -0.2) is 8.78 Å². The van der Waals surface area contributed by atoms with E-state index in [0.29, 0.717) is 32.7 Å². The molecule has 8 heteroatoms. The van der Waals surface area contributed by atoms with E-state index < -0.39 is 25.3 Å². The van der Waals surface area contributed by atoms with Crippen LogP contribution in [0.4, 0.5) is 8.78 Å². The third kappa shape index (κ3) is 10.2. The maximum atomic E-state index is 13.2. The number of nitrogens with zero attached hydrogens (tertiary/aromatic N) is 2. The van der Waals surface area contributed by atoms with Gasteiger partial charge in [0.1, 0.15) is 19.4 Å². The van der Waals surface area contributed by atoms with Crippen molar-refractivity contribution < 1.29 is 13.6 Å². The maximum Gasteiger partial charge on any atom is 0.236 e. The molecule has 0 aliphatic heterocycles. The minimum absolute atomic E-state index is 0. The zero-order valence-electron chi connectivity index (χ0n) is 17.8. The molecule has 3 N–H and O–H groups in total. The van der Waals surface area contributed by atoms with Gasteiger partial charge in [-0.1, -0.05) is 60.7 Å². The van der Waals surface area contributed by atoms with Crippen molar-refractivity contribution in [1.82, 2.24) is 15.1 Å². The summed E-state index contributed by atoms with van der Waals surface area (Å²) in [5, 5.41) is 2.95. The Balaban J connectivity index is 0.00000480. The molecule has 0 radical (unpaired) electrons. The van der Waals surface area contributed by atoms with Gasteiger partial charge in [0.05, 0.1) is 0 Å². The first-order valence-electron chi connectivity index (χ1n) is 10.3. The van der Waals surface area contributed by atoms with Crippen LogP contribution >= 0.6 is 12.4 Å². The largest absolute Gasteiger partial charge is 0.368 e. The van der Waals surface area contributed by atoms with E-state index in [0.717, 1.165) is 11.1 Å². The lowest BCUT2D eigenvalue weighted by atomic mass is 10.1. The molecule has 0 bridgehead atoms. The molecule has 2 aromatic rings. The zero-order chi connectivity index (χ0) is 21.6. The molecule has 0 aliphatic rings. The molecule has 1 amide bonds. The Kier molecular flexibility index (Phi) is 13.7. The lowest BCUT2D eigenvalue weighted by molar-refractivity contribution is -0.124. The molecule has 0 aliphatic carbocycles. The number of hydrogen-bond donors (Lipinski definition) is 2. The number of benzene rings is 2. The van der Waals surface area contributed by atoms with Gasteiger partial charge in [-0.3, -0.25) is 14.6 Å². The Labute approximate surface area is 190 Å². The summed E-state index contributed by atoms with van der Waals surface area (Å²) in [5.74, 6) is -0.486. The SMILES string of the molecule is Cl.NC(=O)C(CN(Cc1ccccc1)Cc1ccccc1)N(CCF)CCNCCF. The summed E-state index contributed by atoms with van der Waals surface area (Å²) in [7, 11) is 0. The number of primary amides is 1. The van der Waals surface area contributed by atoms with E-state index >= 15 is 0 Å². The van der Waals surface area contributed by atoms with E-state index in [4.69, 9.17) is 5.73 Å². The van der Waals surface area contributed by atoms with Crippen LogP contribution in [-0.4, -0.2) is 67.8 Å². The summed E-state index contributed by atoms with van der Waals surface area (Å²) < 4.78 is 25.5. The molecule has 0 spiro atoms. The van der Waals surface area contributed by atoms with Gasteiger partial charge in [0.15, 0.2) is 0 Å². The van der Waals surface area contributed by atoms with Crippen LogP contribution in [0.25, 0.3) is 0 Å². The van der Waals surface area contributed by atoms with Crippen LogP contribution in [0.1, 0.15) is 11.1 Å². The fourth-order valence-electron chi connectivity index (χ4n) is 3.44. The predicted molar refractivity (Wildman–Crippen MR) is 124 cm³/mol. The lowest BCUT2D eigenvalue weighted by Crippen LogP contribution is -2.53. The number of carbonyl (C=O) groups is 1. The average Bonchev–Trinajstić information content (AvgIpc) is 2.75. The summed E-state index contributed by atoms with van der Waals surface area (Å²) in [6.07, 6.45) is 0. The van der Waals surface area contributed by atoms with Crippen LogP contribution in [0.5, 0.6) is 0 Å². The molecule has 31 heavy (non-hydrogen) atoms. The minimum Gasteiger partial charge on any atom is -0.368 e. The van der Waals surface area contributed by atoms with Crippen molar-refractivity contribution in [2.24, 2.45) is 5.73 Å². The molecule has 0 aromatic heterocycles. The highest BCUT2D eigenvalue weighted by molar-refractivity contribution is 5.85. The maximum absolute atomic E-state index is 13.2. The fourth-order valence-corrected chi connectivity index (χ4v) is 3.44. The van der Waals surface area contributed by atoms with Crippen molar-refractivity contribution >= 4 is 18.3 Å². The Morgan fingerprint density at radius 1 is 0.871 bits per heavy atom. The Morgan fingerprint density at radius 2 is 1.42 bits per heavy atom. The van der Waals surface area contributed by atoms with Gasteiger partial charge in [-0.2, -0.15) is 0 Å². The van der Waals surface area contributed by atoms with Gasteiger partial charge in [0.25, 0.3) is 0 Å². The summed E-state index contributed by atoms with van der Waals surface area (Å²) in [4.78, 5) is 16.2. The highest BCUT2D eigenvalue weighted by Crippen LogP contribution is 2.13. The summed E-state index contributed by atoms with van der Waals surface area (Å²) in [5.41, 5.74) is 7.97. The first-order chi connectivity index (χ1) is 14.6. The van der Waals surface area contributed by atoms with Crippen molar-refractivity contribution in [3.05, 3.63) is 71.8 Å². The fraction of sp³-hybridized carbons (Fsp3) is 0.435. The number of carbonyl (C=O) groups excluding carboxylic acids is 1. The number of amides is 1.